The molecule has 0 fully saturated rings. The quantitative estimate of drug-likeness (QED) is 0.739. The number of nitrogens with zero attached hydrogens (tertiary/aromatic N) is 1. The van der Waals surface area contributed by atoms with Crippen LogP contribution in [0.25, 0.3) is 0 Å². The number of carbonyl (C=O) groups excluding carboxylic acids is 2. The summed E-state index contributed by atoms with van der Waals surface area (Å²) in [6, 6.07) is 6.49. The van der Waals surface area contributed by atoms with Gasteiger partial charge in [-0.25, -0.2) is 4.79 Å². The highest BCUT2D eigenvalue weighted by molar-refractivity contribution is 6.01. The number of urea groups is 1. The Hall–Kier alpha value is -2.54. The van der Waals surface area contributed by atoms with Crippen LogP contribution in [0.15, 0.2) is 35.5 Å². The normalized spacial score (nSPS) is 20.3. The van der Waals surface area contributed by atoms with Crippen LogP contribution in [-0.4, -0.2) is 48.2 Å². The molecule has 23 heavy (non-hydrogen) atoms. The number of amides is 3. The van der Waals surface area contributed by atoms with Crippen molar-refractivity contribution in [1.82, 2.24) is 15.5 Å². The van der Waals surface area contributed by atoms with Crippen LogP contribution >= 0.6 is 0 Å². The summed E-state index contributed by atoms with van der Waals surface area (Å²) >= 11 is 0. The van der Waals surface area contributed by atoms with E-state index >= 15 is 0 Å². The van der Waals surface area contributed by atoms with E-state index < -0.39 is 6.04 Å². The van der Waals surface area contributed by atoms with Gasteiger partial charge in [0.1, 0.15) is 5.75 Å². The van der Waals surface area contributed by atoms with Gasteiger partial charge in [0.2, 0.25) is 0 Å². The molecule has 3 amide bonds. The lowest BCUT2D eigenvalue weighted by Gasteiger charge is -2.25. The Labute approximate surface area is 133 Å². The number of hydrogen-bond donors (Lipinski definition) is 3. The van der Waals surface area contributed by atoms with Crippen molar-refractivity contribution in [2.45, 2.75) is 13.0 Å². The van der Waals surface area contributed by atoms with Crippen molar-refractivity contribution in [3.05, 3.63) is 41.1 Å². The lowest BCUT2D eigenvalue weighted by molar-refractivity contribution is -0.126. The third kappa shape index (κ3) is 2.87. The summed E-state index contributed by atoms with van der Waals surface area (Å²) in [5.74, 6) is 0.575. The topological polar surface area (TPSA) is 90.9 Å². The van der Waals surface area contributed by atoms with Crippen LogP contribution in [-0.2, 0) is 4.79 Å². The maximum atomic E-state index is 12.5. The predicted octanol–water partition coefficient (Wildman–Crippen LogP) is 0.528. The summed E-state index contributed by atoms with van der Waals surface area (Å²) in [6.45, 7) is 2.94. The fourth-order valence-electron chi connectivity index (χ4n) is 2.90. The Kier molecular flexibility index (Phi) is 4.20. The van der Waals surface area contributed by atoms with Crippen molar-refractivity contribution in [3.63, 3.8) is 0 Å². The molecule has 2 heterocycles. The van der Waals surface area contributed by atoms with Gasteiger partial charge in [-0.2, -0.15) is 0 Å². The van der Waals surface area contributed by atoms with Gasteiger partial charge in [0.25, 0.3) is 5.91 Å². The van der Waals surface area contributed by atoms with Crippen molar-refractivity contribution >= 4 is 11.9 Å². The van der Waals surface area contributed by atoms with E-state index in [2.05, 4.69) is 10.6 Å². The fraction of sp³-hybridized carbons (Fsp3) is 0.375. The minimum absolute atomic E-state index is 0.110. The van der Waals surface area contributed by atoms with Gasteiger partial charge >= 0.3 is 6.03 Å². The van der Waals surface area contributed by atoms with Crippen LogP contribution in [0.5, 0.6) is 5.75 Å². The number of carbonyl (C=O) groups is 2. The Morgan fingerprint density at radius 2 is 2.04 bits per heavy atom. The molecule has 2 aliphatic rings. The van der Waals surface area contributed by atoms with Gasteiger partial charge in [0.05, 0.1) is 37.1 Å². The highest BCUT2D eigenvalue weighted by atomic mass is 16.5. The van der Waals surface area contributed by atoms with E-state index in [0.717, 1.165) is 11.3 Å². The molecule has 0 spiro atoms. The molecular formula is C16H19N3O4. The van der Waals surface area contributed by atoms with Gasteiger partial charge in [-0.05, 0) is 24.6 Å². The van der Waals surface area contributed by atoms with Crippen molar-refractivity contribution in [1.29, 1.82) is 0 Å². The lowest BCUT2D eigenvalue weighted by atomic mass is 9.96. The average molecular weight is 317 g/mol. The van der Waals surface area contributed by atoms with E-state index in [9.17, 15) is 9.59 Å². The summed E-state index contributed by atoms with van der Waals surface area (Å²) < 4.78 is 5.41. The number of hydrogen-bond acceptors (Lipinski definition) is 4. The summed E-state index contributed by atoms with van der Waals surface area (Å²) in [5, 5.41) is 14.5. The van der Waals surface area contributed by atoms with Crippen molar-refractivity contribution in [3.8, 4) is 5.75 Å². The zero-order chi connectivity index (χ0) is 16.4. The molecule has 0 saturated carbocycles. The SMILES string of the molecule is CCOc1ccc(C2NC(=O)NC3=C2C(=O)N(CCO)C3)cc1. The lowest BCUT2D eigenvalue weighted by Crippen LogP contribution is -2.44. The monoisotopic (exact) mass is 317 g/mol. The number of rotatable bonds is 5. The largest absolute Gasteiger partial charge is 0.494 e. The second-order valence-electron chi connectivity index (χ2n) is 5.38. The van der Waals surface area contributed by atoms with E-state index in [0.29, 0.717) is 24.4 Å². The standard InChI is InChI=1S/C16H19N3O4/c1-2-23-11-5-3-10(4-6-11)14-13-12(17-16(22)18-14)9-19(7-8-20)15(13)21/h3-6,14,20H,2,7-9H2,1H3,(H2,17,18,22). The number of nitrogens with one attached hydrogen (secondary N) is 2. The summed E-state index contributed by atoms with van der Waals surface area (Å²) in [6.07, 6.45) is 0. The number of benzene rings is 1. The molecule has 0 saturated heterocycles. The molecular weight excluding hydrogens is 298 g/mol. The van der Waals surface area contributed by atoms with Crippen LogP contribution in [0.3, 0.4) is 0 Å². The fourth-order valence-corrected chi connectivity index (χ4v) is 2.90. The average Bonchev–Trinajstić information content (AvgIpc) is 2.84. The molecule has 7 nitrogen and oxygen atoms in total. The minimum atomic E-state index is -0.495. The zero-order valence-electron chi connectivity index (χ0n) is 12.8. The minimum Gasteiger partial charge on any atom is -0.494 e. The number of ether oxygens (including phenoxy) is 1. The molecule has 122 valence electrons. The van der Waals surface area contributed by atoms with E-state index in [-0.39, 0.29) is 25.1 Å². The van der Waals surface area contributed by atoms with Gasteiger partial charge in [-0.3, -0.25) is 4.79 Å². The molecule has 1 aromatic rings. The molecule has 7 heteroatoms. The molecule has 1 unspecified atom stereocenters. The Balaban J connectivity index is 1.90. The molecule has 2 aliphatic heterocycles. The summed E-state index contributed by atoms with van der Waals surface area (Å²) in [4.78, 5) is 25.9. The van der Waals surface area contributed by atoms with Crippen LogP contribution in [0.2, 0.25) is 0 Å². The van der Waals surface area contributed by atoms with Gasteiger partial charge in [-0.1, -0.05) is 12.1 Å². The van der Waals surface area contributed by atoms with E-state index in [1.54, 1.807) is 0 Å². The maximum Gasteiger partial charge on any atom is 0.319 e. The molecule has 0 aromatic heterocycles. The third-order valence-corrected chi connectivity index (χ3v) is 3.91. The third-order valence-electron chi connectivity index (χ3n) is 3.91. The van der Waals surface area contributed by atoms with Gasteiger partial charge in [0, 0.05) is 6.54 Å². The first-order valence-electron chi connectivity index (χ1n) is 7.57. The van der Waals surface area contributed by atoms with Gasteiger partial charge in [-0.15, -0.1) is 0 Å². The van der Waals surface area contributed by atoms with Crippen molar-refractivity contribution in [2.75, 3.05) is 26.3 Å². The number of aliphatic hydroxyl groups is 1. The highest BCUT2D eigenvalue weighted by Gasteiger charge is 2.39. The first-order chi connectivity index (χ1) is 11.1. The molecule has 3 N–H and O–H groups in total. The smallest absolute Gasteiger partial charge is 0.319 e. The molecule has 3 rings (SSSR count). The van der Waals surface area contributed by atoms with Crippen molar-refractivity contribution in [2.24, 2.45) is 0 Å². The predicted molar refractivity (Wildman–Crippen MR) is 82.7 cm³/mol. The first kappa shape index (κ1) is 15.4. The van der Waals surface area contributed by atoms with E-state index in [4.69, 9.17) is 9.84 Å². The van der Waals surface area contributed by atoms with Crippen molar-refractivity contribution < 1.29 is 19.4 Å². The molecule has 0 radical (unpaired) electrons. The van der Waals surface area contributed by atoms with Crippen LogP contribution in [0.1, 0.15) is 18.5 Å². The molecule has 0 aliphatic carbocycles. The Bertz CT molecular complexity index is 654. The summed E-state index contributed by atoms with van der Waals surface area (Å²) in [7, 11) is 0. The first-order valence-corrected chi connectivity index (χ1v) is 7.57. The maximum absolute atomic E-state index is 12.5. The Morgan fingerprint density at radius 1 is 1.30 bits per heavy atom. The summed E-state index contributed by atoms with van der Waals surface area (Å²) in [5.41, 5.74) is 1.95. The molecule has 0 bridgehead atoms. The van der Waals surface area contributed by atoms with Crippen LogP contribution in [0.4, 0.5) is 4.79 Å². The number of β-amino-alcohol motifs (C(OH)–C–C–N with tert-alkyl or cyclic N) is 1. The van der Waals surface area contributed by atoms with Crippen LogP contribution < -0.4 is 15.4 Å². The van der Waals surface area contributed by atoms with Gasteiger partial charge < -0.3 is 25.4 Å². The number of aliphatic hydroxyl groups excluding tert-OH is 1. The van der Waals surface area contributed by atoms with Crippen LogP contribution in [0, 0.1) is 0 Å². The Morgan fingerprint density at radius 3 is 2.70 bits per heavy atom. The molecule has 1 aromatic carbocycles. The van der Waals surface area contributed by atoms with E-state index in [1.807, 2.05) is 31.2 Å². The highest BCUT2D eigenvalue weighted by Crippen LogP contribution is 2.32. The molecule has 1 atom stereocenters. The van der Waals surface area contributed by atoms with E-state index in [1.165, 1.54) is 4.90 Å². The second kappa shape index (κ2) is 6.29. The second-order valence-corrected chi connectivity index (χ2v) is 5.38. The zero-order valence-corrected chi connectivity index (χ0v) is 12.8. The van der Waals surface area contributed by atoms with Gasteiger partial charge in [0.15, 0.2) is 0 Å².